The molecule has 3 unspecified atom stereocenters. The Morgan fingerprint density at radius 1 is 1.16 bits per heavy atom. The van der Waals surface area contributed by atoms with Gasteiger partial charge in [0.05, 0.1) is 0 Å². The fourth-order valence-corrected chi connectivity index (χ4v) is 3.93. The van der Waals surface area contributed by atoms with Gasteiger partial charge in [0.15, 0.2) is 0 Å². The number of halogens is 1. The van der Waals surface area contributed by atoms with Crippen molar-refractivity contribution in [2.75, 3.05) is 13.1 Å². The van der Waals surface area contributed by atoms with E-state index in [0.717, 1.165) is 30.4 Å². The van der Waals surface area contributed by atoms with Gasteiger partial charge in [-0.3, -0.25) is 14.5 Å². The normalized spacial score (nSPS) is 26.4. The van der Waals surface area contributed by atoms with Gasteiger partial charge in [0.2, 0.25) is 0 Å². The van der Waals surface area contributed by atoms with Crippen LogP contribution in [0.2, 0.25) is 0 Å². The number of benzene rings is 1. The van der Waals surface area contributed by atoms with Gasteiger partial charge in [0.25, 0.3) is 5.91 Å². The lowest BCUT2D eigenvalue weighted by atomic mass is 9.87. The highest BCUT2D eigenvalue weighted by Crippen LogP contribution is 2.27. The largest absolute Gasteiger partial charge is 0.462 e. The summed E-state index contributed by atoms with van der Waals surface area (Å²) in [7, 11) is 0. The number of carbonyl (C=O) groups excluding carboxylic acids is 2. The number of nitrogens with one attached hydrogen (secondary N) is 1. The van der Waals surface area contributed by atoms with Gasteiger partial charge in [-0.15, -0.1) is 0 Å². The van der Waals surface area contributed by atoms with E-state index in [1.165, 1.54) is 6.92 Å². The third-order valence-corrected chi connectivity index (χ3v) is 5.37. The van der Waals surface area contributed by atoms with Crippen molar-refractivity contribution in [1.29, 1.82) is 0 Å². The fourth-order valence-electron chi connectivity index (χ4n) is 3.67. The molecule has 0 radical (unpaired) electrons. The predicted octanol–water partition coefficient (Wildman–Crippen LogP) is 2.90. The maximum absolute atomic E-state index is 12.6. The first-order chi connectivity index (χ1) is 12.0. The van der Waals surface area contributed by atoms with Crippen LogP contribution in [0, 0.1) is 0 Å². The van der Waals surface area contributed by atoms with E-state index in [4.69, 9.17) is 4.74 Å². The van der Waals surface area contributed by atoms with Crippen molar-refractivity contribution < 1.29 is 14.3 Å². The Bertz CT molecular complexity index is 651. The van der Waals surface area contributed by atoms with Crippen LogP contribution in [0.1, 0.15) is 36.5 Å². The minimum atomic E-state index is -0.260. The van der Waals surface area contributed by atoms with Gasteiger partial charge in [-0.2, -0.15) is 0 Å². The molecule has 134 valence electrons. The van der Waals surface area contributed by atoms with Crippen LogP contribution >= 0.6 is 15.9 Å². The molecular formula is C19H23BrN2O3. The van der Waals surface area contributed by atoms with Crippen LogP contribution in [0.3, 0.4) is 0 Å². The van der Waals surface area contributed by atoms with E-state index in [2.05, 4.69) is 38.3 Å². The summed E-state index contributed by atoms with van der Waals surface area (Å²) in [6.45, 7) is 3.26. The molecule has 1 heterocycles. The van der Waals surface area contributed by atoms with Crippen molar-refractivity contribution in [2.24, 2.45) is 0 Å². The second-order valence-corrected chi connectivity index (χ2v) is 7.54. The number of esters is 1. The van der Waals surface area contributed by atoms with E-state index in [-0.39, 0.29) is 30.1 Å². The van der Waals surface area contributed by atoms with Crippen LogP contribution in [0.4, 0.5) is 0 Å². The van der Waals surface area contributed by atoms with E-state index in [1.807, 2.05) is 12.1 Å². The topological polar surface area (TPSA) is 58.6 Å². The summed E-state index contributed by atoms with van der Waals surface area (Å²) in [6.07, 6.45) is 6.59. The molecule has 1 amide bonds. The average Bonchev–Trinajstić information content (AvgIpc) is 3.09. The zero-order chi connectivity index (χ0) is 17.8. The van der Waals surface area contributed by atoms with Crippen molar-refractivity contribution in [2.45, 2.75) is 44.4 Å². The minimum Gasteiger partial charge on any atom is -0.462 e. The van der Waals surface area contributed by atoms with Gasteiger partial charge in [0, 0.05) is 48.6 Å². The highest BCUT2D eigenvalue weighted by Gasteiger charge is 2.36. The molecule has 0 spiro atoms. The summed E-state index contributed by atoms with van der Waals surface area (Å²) in [6, 6.07) is 7.56. The monoisotopic (exact) mass is 406 g/mol. The Morgan fingerprint density at radius 3 is 2.48 bits per heavy atom. The van der Waals surface area contributed by atoms with Crippen LogP contribution in [0.5, 0.6) is 0 Å². The molecule has 3 rings (SSSR count). The van der Waals surface area contributed by atoms with Gasteiger partial charge in [-0.05, 0) is 37.1 Å². The molecule has 0 aromatic heterocycles. The molecule has 1 aliphatic heterocycles. The number of rotatable bonds is 4. The molecule has 3 atom stereocenters. The van der Waals surface area contributed by atoms with E-state index < -0.39 is 0 Å². The van der Waals surface area contributed by atoms with Crippen LogP contribution in [-0.2, 0) is 9.53 Å². The highest BCUT2D eigenvalue weighted by atomic mass is 79.9. The Hall–Kier alpha value is -1.66. The molecule has 1 aromatic rings. The number of carbonyl (C=O) groups is 2. The van der Waals surface area contributed by atoms with Crippen LogP contribution < -0.4 is 5.32 Å². The van der Waals surface area contributed by atoms with Crippen molar-refractivity contribution in [3.63, 3.8) is 0 Å². The lowest BCUT2D eigenvalue weighted by molar-refractivity contribution is -0.148. The smallest absolute Gasteiger partial charge is 0.302 e. The van der Waals surface area contributed by atoms with Crippen molar-refractivity contribution in [3.05, 3.63) is 46.5 Å². The molecule has 0 saturated heterocycles. The maximum atomic E-state index is 12.6. The first-order valence-electron chi connectivity index (χ1n) is 8.65. The van der Waals surface area contributed by atoms with Crippen LogP contribution in [0.15, 0.2) is 40.9 Å². The first-order valence-corrected chi connectivity index (χ1v) is 9.45. The summed E-state index contributed by atoms with van der Waals surface area (Å²) < 4.78 is 6.35. The highest BCUT2D eigenvalue weighted by molar-refractivity contribution is 9.10. The molecule has 6 heteroatoms. The standard InChI is InChI=1S/C19H23BrN2O3/c1-13(23)25-16-8-9-18(22-10-2-3-11-22)17(12-16)21-19(24)14-4-6-15(20)7-5-14/h2-7,16-18H,8-12H2,1H3,(H,21,24). The molecule has 1 aliphatic carbocycles. The number of ether oxygens (including phenoxy) is 1. The van der Waals surface area contributed by atoms with Crippen LogP contribution in [0.25, 0.3) is 0 Å². The summed E-state index contributed by atoms with van der Waals surface area (Å²) in [5.74, 6) is -0.345. The average molecular weight is 407 g/mol. The molecule has 25 heavy (non-hydrogen) atoms. The van der Waals surface area contributed by atoms with Gasteiger partial charge in [-0.1, -0.05) is 28.1 Å². The minimum absolute atomic E-state index is 0.0332. The number of amides is 1. The van der Waals surface area contributed by atoms with E-state index >= 15 is 0 Å². The quantitative estimate of drug-likeness (QED) is 0.616. The lowest BCUT2D eigenvalue weighted by Gasteiger charge is -2.40. The third kappa shape index (κ3) is 4.70. The van der Waals surface area contributed by atoms with Crippen molar-refractivity contribution in [3.8, 4) is 0 Å². The molecule has 1 N–H and O–H groups in total. The second kappa shape index (κ2) is 8.15. The van der Waals surface area contributed by atoms with Crippen LogP contribution in [-0.4, -0.2) is 48.1 Å². The molecule has 2 aliphatic rings. The molecule has 0 bridgehead atoms. The van der Waals surface area contributed by atoms with Gasteiger partial charge in [0.1, 0.15) is 6.10 Å². The molecule has 1 fully saturated rings. The zero-order valence-electron chi connectivity index (χ0n) is 14.3. The SMILES string of the molecule is CC(=O)OC1CCC(N2CC=CC2)C(NC(=O)c2ccc(Br)cc2)C1. The molecular weight excluding hydrogens is 384 g/mol. The Kier molecular flexibility index (Phi) is 5.91. The van der Waals surface area contributed by atoms with E-state index in [9.17, 15) is 9.59 Å². The van der Waals surface area contributed by atoms with Gasteiger partial charge in [-0.25, -0.2) is 0 Å². The lowest BCUT2D eigenvalue weighted by Crippen LogP contribution is -2.55. The van der Waals surface area contributed by atoms with Gasteiger partial charge >= 0.3 is 5.97 Å². The Balaban J connectivity index is 1.70. The zero-order valence-corrected chi connectivity index (χ0v) is 15.9. The Labute approximate surface area is 156 Å². The maximum Gasteiger partial charge on any atom is 0.302 e. The molecule has 5 nitrogen and oxygen atoms in total. The fraction of sp³-hybridized carbons (Fsp3) is 0.474. The summed E-state index contributed by atoms with van der Waals surface area (Å²) >= 11 is 3.38. The number of hydrogen-bond donors (Lipinski definition) is 1. The van der Waals surface area contributed by atoms with Gasteiger partial charge < -0.3 is 10.1 Å². The Morgan fingerprint density at radius 2 is 1.84 bits per heavy atom. The summed E-state index contributed by atoms with van der Waals surface area (Å²) in [5.41, 5.74) is 0.635. The molecule has 1 aromatic carbocycles. The van der Waals surface area contributed by atoms with E-state index in [0.29, 0.717) is 12.0 Å². The molecule has 1 saturated carbocycles. The summed E-state index contributed by atoms with van der Waals surface area (Å²) in [4.78, 5) is 26.3. The number of hydrogen-bond acceptors (Lipinski definition) is 4. The third-order valence-electron chi connectivity index (χ3n) is 4.84. The van der Waals surface area contributed by atoms with Crippen molar-refractivity contribution in [1.82, 2.24) is 10.2 Å². The summed E-state index contributed by atoms with van der Waals surface area (Å²) in [5, 5.41) is 3.17. The van der Waals surface area contributed by atoms with Crippen molar-refractivity contribution >= 4 is 27.8 Å². The second-order valence-electron chi connectivity index (χ2n) is 6.62. The first kappa shape index (κ1) is 18.1. The number of nitrogens with zero attached hydrogens (tertiary/aromatic N) is 1. The van der Waals surface area contributed by atoms with E-state index in [1.54, 1.807) is 12.1 Å². The predicted molar refractivity (Wildman–Crippen MR) is 99.3 cm³/mol.